The van der Waals surface area contributed by atoms with Crippen LogP contribution in [0.5, 0.6) is 5.88 Å². The number of aromatic nitrogens is 2. The van der Waals surface area contributed by atoms with Gasteiger partial charge >= 0.3 is 71.1 Å². The van der Waals surface area contributed by atoms with Gasteiger partial charge in [0.25, 0.3) is 5.91 Å². The quantitative estimate of drug-likeness (QED) is 0.0477. The summed E-state index contributed by atoms with van der Waals surface area (Å²) in [6.07, 6.45) is 6.25. The molecule has 0 saturated carbocycles. The third-order valence-corrected chi connectivity index (χ3v) is 7.05. The molecule has 0 radical (unpaired) electrons. The van der Waals surface area contributed by atoms with Gasteiger partial charge < -0.3 is 35.1 Å². The predicted octanol–water partition coefficient (Wildman–Crippen LogP) is -4.90. The van der Waals surface area contributed by atoms with E-state index in [2.05, 4.69) is 20.8 Å². The number of aliphatic carboxylic acids is 1. The van der Waals surface area contributed by atoms with Gasteiger partial charge in [-0.2, -0.15) is 19.9 Å². The third-order valence-electron chi connectivity index (χ3n) is 6.06. The van der Waals surface area contributed by atoms with Crippen molar-refractivity contribution in [2.75, 3.05) is 27.4 Å². The van der Waals surface area contributed by atoms with Crippen LogP contribution in [0.25, 0.3) is 11.8 Å². The molecule has 0 aliphatic carbocycles. The van der Waals surface area contributed by atoms with Crippen molar-refractivity contribution in [3.05, 3.63) is 89.7 Å². The van der Waals surface area contributed by atoms with Gasteiger partial charge in [-0.05, 0) is 60.7 Å². The number of carboxylic acids is 2. The van der Waals surface area contributed by atoms with Crippen LogP contribution in [0.1, 0.15) is 16.1 Å². The number of carbonyl (C=O) groups is 3. The van der Waals surface area contributed by atoms with Crippen LogP contribution in [-0.2, 0) is 29.8 Å². The maximum Gasteiger partial charge on any atom is 1.00 e. The van der Waals surface area contributed by atoms with E-state index in [0.29, 0.717) is 0 Å². The Morgan fingerprint density at radius 2 is 1.31 bits per heavy atom. The maximum absolute atomic E-state index is 13.0. The Morgan fingerprint density at radius 1 is 0.796 bits per heavy atom. The van der Waals surface area contributed by atoms with Crippen LogP contribution in [0.4, 0.5) is 17.1 Å². The summed E-state index contributed by atoms with van der Waals surface area (Å²) in [5, 5.41) is 43.2. The van der Waals surface area contributed by atoms with Crippen LogP contribution in [0.3, 0.4) is 0 Å². The predicted molar refractivity (Wildman–Crippen MR) is 164 cm³/mol. The van der Waals surface area contributed by atoms with Crippen LogP contribution in [0.2, 0.25) is 0 Å². The van der Waals surface area contributed by atoms with Gasteiger partial charge in [-0.1, -0.05) is 18.2 Å². The van der Waals surface area contributed by atoms with E-state index in [1.54, 1.807) is 0 Å². The Kier molecular flexibility index (Phi) is 14.5. The molecule has 0 unspecified atom stereocenters. The summed E-state index contributed by atoms with van der Waals surface area (Å²) >= 11 is 0. The number of carboxylic acid groups (broad SMARTS) is 2. The van der Waals surface area contributed by atoms with Crippen molar-refractivity contribution in [1.29, 1.82) is 0 Å². The molecule has 2 aromatic carbocycles. The Balaban J connectivity index is 0.00000417. The van der Waals surface area contributed by atoms with Gasteiger partial charge in [0.2, 0.25) is 5.88 Å². The van der Waals surface area contributed by atoms with E-state index in [-0.39, 0.29) is 93.0 Å². The van der Waals surface area contributed by atoms with Crippen molar-refractivity contribution in [3.63, 3.8) is 0 Å². The first-order valence-corrected chi connectivity index (χ1v) is 16.0. The molecule has 5 N–H and O–H groups in total. The number of allylic oxidation sites excluding steroid dienone is 4. The molecular weight excluding hydrogens is 710 g/mol. The van der Waals surface area contributed by atoms with Crippen molar-refractivity contribution in [2.45, 2.75) is 0 Å². The number of benzene rings is 2. The molecule has 0 spiro atoms. The van der Waals surface area contributed by atoms with E-state index in [9.17, 15) is 55.6 Å². The zero-order valence-corrected chi connectivity index (χ0v) is 31.2. The Bertz CT molecular complexity index is 2080. The molecule has 0 atom stereocenters. The van der Waals surface area contributed by atoms with Crippen molar-refractivity contribution in [3.8, 4) is 11.6 Å². The fraction of sp³-hybridized carbons (Fsp3) is 0.0741. The summed E-state index contributed by atoms with van der Waals surface area (Å²) in [4.78, 5) is 36.6. The van der Waals surface area contributed by atoms with Gasteiger partial charge in [0.05, 0.1) is 22.5 Å². The number of carbonyl (C=O) groups excluding carboxylic acids is 1. The number of amides is 1. The molecule has 4 rings (SSSR count). The minimum atomic E-state index is -4.53. The topological polar surface area (TPSA) is 284 Å². The second kappa shape index (κ2) is 17.2. The van der Waals surface area contributed by atoms with Crippen molar-refractivity contribution >= 4 is 66.9 Å². The normalized spacial score (nSPS) is 14.1. The minimum Gasteiger partial charge on any atom is -0.747 e. The fourth-order valence-electron chi connectivity index (χ4n) is 3.96. The van der Waals surface area contributed by atoms with Gasteiger partial charge in [0.15, 0.2) is 11.4 Å². The summed E-state index contributed by atoms with van der Waals surface area (Å²) in [6, 6.07) is 10.9. The van der Waals surface area contributed by atoms with Crippen molar-refractivity contribution < 1.29 is 115 Å². The molecule has 0 fully saturated rings. The van der Waals surface area contributed by atoms with Crippen molar-refractivity contribution in [1.82, 2.24) is 9.78 Å². The van der Waals surface area contributed by atoms with Crippen LogP contribution >= 0.6 is 0 Å². The minimum absolute atomic E-state index is 0. The molecule has 1 aliphatic heterocycles. The average Bonchev–Trinajstić information content (AvgIpc) is 3.51. The number of hydrogen-bond acceptors (Lipinski definition) is 14. The van der Waals surface area contributed by atoms with Crippen molar-refractivity contribution in [2.24, 2.45) is 5.10 Å². The third kappa shape index (κ3) is 11.1. The average molecular weight is 733 g/mol. The van der Waals surface area contributed by atoms with E-state index in [1.807, 2.05) is 0 Å². The molecule has 246 valence electrons. The van der Waals surface area contributed by atoms with Crippen LogP contribution in [0, 0.1) is 0 Å². The number of hydrazone groups is 1. The van der Waals surface area contributed by atoms with E-state index >= 15 is 0 Å². The molecule has 49 heavy (non-hydrogen) atoms. The van der Waals surface area contributed by atoms with Gasteiger partial charge in [-0.3, -0.25) is 4.79 Å². The van der Waals surface area contributed by atoms with E-state index in [1.165, 1.54) is 72.8 Å². The van der Waals surface area contributed by atoms with Gasteiger partial charge in [0.1, 0.15) is 32.0 Å². The largest absolute Gasteiger partial charge is 1.00 e. The molecule has 0 saturated heterocycles. The maximum atomic E-state index is 13.0. The summed E-state index contributed by atoms with van der Waals surface area (Å²) in [7, 11) is -9.06. The van der Waals surface area contributed by atoms with Crippen LogP contribution < -0.4 is 74.8 Å². The van der Waals surface area contributed by atoms with E-state index in [4.69, 9.17) is 0 Å². The number of aromatic hydroxyl groups is 1. The Hall–Kier alpha value is -3.83. The standard InChI is InChI=1S/C27H24N6O12S2.2Na/c34-24-20(22(26(36)37)30-32(24)18-10-6-16(7-11-18)28-14-46(40,41)42)4-2-1-3-5-21-23(27(38)39)31-33(25(21)35)19-12-8-17(9-13-19)29-15-47(43,44)45;;/h1-13,28-29,34H,14-15H2,(H,36,37)(H,38,39)(H,40,41,42)(H,43,44,45);;/q;2*+1/p-2. The first kappa shape index (κ1) is 41.3. The summed E-state index contributed by atoms with van der Waals surface area (Å²) in [5.74, 6) is -6.06. The number of aromatic carboxylic acids is 1. The SMILES string of the molecule is O=C(O)C1=NN(c2ccc(NCS(=O)(=O)[O-])cc2)C(=O)C1=CC=CC=Cc1c(C(=O)O)nn(-c2ccc(NCS(=O)(=O)[O-])cc2)c1O.[Na+].[Na+]. The van der Waals surface area contributed by atoms with Crippen LogP contribution in [-0.4, -0.2) is 86.4 Å². The zero-order chi connectivity index (χ0) is 34.5. The summed E-state index contributed by atoms with van der Waals surface area (Å²) < 4.78 is 65.7. The number of anilines is 3. The molecule has 18 nitrogen and oxygen atoms in total. The van der Waals surface area contributed by atoms with E-state index in [0.717, 1.165) is 15.8 Å². The number of nitrogens with one attached hydrogen (secondary N) is 2. The first-order valence-electron chi connectivity index (χ1n) is 12.9. The Labute approximate surface area is 322 Å². The monoisotopic (exact) mass is 732 g/mol. The Morgan fingerprint density at radius 3 is 1.78 bits per heavy atom. The molecule has 22 heteroatoms. The molecule has 3 aromatic rings. The molecule has 1 aliphatic rings. The summed E-state index contributed by atoms with van der Waals surface area (Å²) in [5.41, 5.74) is -0.741. The van der Waals surface area contributed by atoms with E-state index < -0.39 is 67.1 Å². The first-order chi connectivity index (χ1) is 22.0. The molecule has 2 heterocycles. The van der Waals surface area contributed by atoms with Gasteiger partial charge in [-0.15, -0.1) is 0 Å². The number of hydrogen-bond donors (Lipinski definition) is 5. The zero-order valence-electron chi connectivity index (χ0n) is 25.5. The summed E-state index contributed by atoms with van der Waals surface area (Å²) in [6.45, 7) is 0. The van der Waals surface area contributed by atoms with Crippen LogP contribution in [0.15, 0.2) is 83.5 Å². The smallest absolute Gasteiger partial charge is 0.747 e. The molecule has 1 aromatic heterocycles. The van der Waals surface area contributed by atoms with Gasteiger partial charge in [0, 0.05) is 11.4 Å². The second-order valence-corrected chi connectivity index (χ2v) is 12.2. The second-order valence-electron chi connectivity index (χ2n) is 9.35. The number of nitrogens with zero attached hydrogens (tertiary/aromatic N) is 4. The molecule has 0 bridgehead atoms. The molecule has 1 amide bonds. The number of rotatable bonds is 13. The van der Waals surface area contributed by atoms with Gasteiger partial charge in [-0.25, -0.2) is 26.4 Å². The molecular formula is C27H22N6Na2O12S2. The fourth-order valence-corrected chi connectivity index (χ4v) is 4.65.